The summed E-state index contributed by atoms with van der Waals surface area (Å²) in [7, 11) is 0. The summed E-state index contributed by atoms with van der Waals surface area (Å²) in [6.45, 7) is 0. The lowest BCUT2D eigenvalue weighted by Gasteiger charge is -2.17. The third-order valence-corrected chi connectivity index (χ3v) is 2.95. The van der Waals surface area contributed by atoms with Crippen LogP contribution in [0.1, 0.15) is 16.1 Å². The lowest BCUT2D eigenvalue weighted by atomic mass is 10.3. The van der Waals surface area contributed by atoms with Crippen LogP contribution >= 0.6 is 12.2 Å². The summed E-state index contributed by atoms with van der Waals surface area (Å²) >= 11 is 4.92. The van der Waals surface area contributed by atoms with Crippen LogP contribution in [-0.4, -0.2) is 26.0 Å². The number of nitrogens with two attached hydrogens (primary N) is 1. The summed E-state index contributed by atoms with van der Waals surface area (Å²) in [6, 6.07) is 6.58. The molecule has 2 aromatic rings. The van der Waals surface area contributed by atoms with Gasteiger partial charge in [-0.15, -0.1) is 0 Å². The molecule has 0 aliphatic rings. The Kier molecular flexibility index (Phi) is 4.86. The van der Waals surface area contributed by atoms with E-state index in [4.69, 9.17) is 18.1 Å². The molecule has 6 nitrogen and oxygen atoms in total. The number of rotatable bonds is 2. The maximum atomic E-state index is 12.4. The van der Waals surface area contributed by atoms with E-state index in [-0.39, 0.29) is 16.6 Å². The Balaban J connectivity index is 2.05. The third-order valence-electron chi connectivity index (χ3n) is 2.65. The van der Waals surface area contributed by atoms with Gasteiger partial charge in [-0.3, -0.25) is 9.78 Å². The van der Waals surface area contributed by atoms with Crippen molar-refractivity contribution in [1.29, 1.82) is 0 Å². The van der Waals surface area contributed by atoms with Crippen LogP contribution in [0.4, 0.5) is 19.0 Å². The molecule has 0 unspecified atom stereocenters. The van der Waals surface area contributed by atoms with Gasteiger partial charge in [0.2, 0.25) is 0 Å². The van der Waals surface area contributed by atoms with E-state index < -0.39 is 17.6 Å². The Morgan fingerprint density at radius 2 is 1.96 bits per heavy atom. The number of nitrogens with one attached hydrogen (secondary N) is 1. The van der Waals surface area contributed by atoms with Crippen molar-refractivity contribution in [1.82, 2.24) is 15.0 Å². The molecule has 1 amide bonds. The number of hydrazine groups is 1. The average Bonchev–Trinajstić information content (AvgIpc) is 2.54. The number of halogens is 3. The number of hydrogen-bond donors (Lipinski definition) is 2. The molecule has 0 saturated heterocycles. The van der Waals surface area contributed by atoms with Crippen LogP contribution in [0.5, 0.6) is 0 Å². The first-order valence-corrected chi connectivity index (χ1v) is 6.54. The fraction of sp³-hybridized carbons (Fsp3) is 0.0769. The highest BCUT2D eigenvalue weighted by Crippen LogP contribution is 2.28. The van der Waals surface area contributed by atoms with Crippen LogP contribution < -0.4 is 11.2 Å². The van der Waals surface area contributed by atoms with Crippen molar-refractivity contribution in [3.63, 3.8) is 0 Å². The first kappa shape index (κ1) is 16.8. The van der Waals surface area contributed by atoms with Gasteiger partial charge in [0.1, 0.15) is 11.5 Å². The van der Waals surface area contributed by atoms with E-state index in [0.29, 0.717) is 11.2 Å². The number of carbonyl (C=O) groups is 1. The highest BCUT2D eigenvalue weighted by atomic mass is 32.1. The summed E-state index contributed by atoms with van der Waals surface area (Å²) in [5.41, 5.74) is -0.831. The van der Waals surface area contributed by atoms with Gasteiger partial charge in [-0.05, 0) is 36.5 Å². The third kappa shape index (κ3) is 4.20. The van der Waals surface area contributed by atoms with Gasteiger partial charge in [-0.1, -0.05) is 6.07 Å². The minimum Gasteiger partial charge on any atom is -0.316 e. The van der Waals surface area contributed by atoms with E-state index in [2.05, 4.69) is 15.3 Å². The van der Waals surface area contributed by atoms with Crippen LogP contribution in [-0.2, 0) is 6.18 Å². The molecule has 0 aliphatic carbocycles. The van der Waals surface area contributed by atoms with Crippen LogP contribution in [0.15, 0.2) is 42.7 Å². The topological polar surface area (TPSA) is 84.1 Å². The van der Waals surface area contributed by atoms with Gasteiger partial charge in [0.15, 0.2) is 5.11 Å². The number of amides is 1. The molecule has 3 N–H and O–H groups in total. The number of hydrogen-bond acceptors (Lipinski definition) is 5. The van der Waals surface area contributed by atoms with E-state index in [0.717, 1.165) is 12.1 Å². The van der Waals surface area contributed by atoms with Crippen molar-refractivity contribution in [2.45, 2.75) is 6.18 Å². The molecule has 120 valence electrons. The summed E-state index contributed by atoms with van der Waals surface area (Å²) < 4.78 is 37.3. The van der Waals surface area contributed by atoms with Gasteiger partial charge in [-0.25, -0.2) is 15.8 Å². The molecule has 0 atom stereocenters. The molecule has 23 heavy (non-hydrogen) atoms. The lowest BCUT2D eigenvalue weighted by molar-refractivity contribution is -0.137. The largest absolute Gasteiger partial charge is 0.417 e. The van der Waals surface area contributed by atoms with Crippen LogP contribution in [0, 0.1) is 0 Å². The maximum Gasteiger partial charge on any atom is 0.417 e. The Bertz CT molecular complexity index is 706. The van der Waals surface area contributed by atoms with Crippen molar-refractivity contribution in [3.05, 3.63) is 54.0 Å². The number of thiocarbonyl (C=S) groups is 1. The minimum atomic E-state index is -4.49. The molecule has 0 fully saturated rings. The molecule has 0 radical (unpaired) electrons. The normalized spacial score (nSPS) is 11.0. The first-order valence-electron chi connectivity index (χ1n) is 6.13. The predicted octanol–water partition coefficient (Wildman–Crippen LogP) is 2.21. The quantitative estimate of drug-likeness (QED) is 0.377. The zero-order chi connectivity index (χ0) is 17.0. The average molecular weight is 341 g/mol. The monoisotopic (exact) mass is 341 g/mol. The van der Waals surface area contributed by atoms with Crippen molar-refractivity contribution >= 4 is 29.1 Å². The molecule has 0 spiro atoms. The van der Waals surface area contributed by atoms with Crippen LogP contribution in [0.25, 0.3) is 0 Å². The number of nitrogens with zero attached hydrogens (tertiary/aromatic N) is 3. The van der Waals surface area contributed by atoms with E-state index in [1.807, 2.05) is 0 Å². The van der Waals surface area contributed by atoms with Gasteiger partial charge in [0.25, 0.3) is 5.91 Å². The summed E-state index contributed by atoms with van der Waals surface area (Å²) in [4.78, 5) is 19.4. The smallest absolute Gasteiger partial charge is 0.316 e. The van der Waals surface area contributed by atoms with E-state index in [9.17, 15) is 18.0 Å². The lowest BCUT2D eigenvalue weighted by Crippen LogP contribution is -2.45. The number of anilines is 1. The number of carbonyl (C=O) groups excluding carboxylic acids is 1. The van der Waals surface area contributed by atoms with Crippen molar-refractivity contribution in [2.75, 3.05) is 5.32 Å². The van der Waals surface area contributed by atoms with Crippen LogP contribution in [0.3, 0.4) is 0 Å². The molecule has 0 saturated carbocycles. The second-order valence-corrected chi connectivity index (χ2v) is 4.64. The van der Waals surface area contributed by atoms with E-state index >= 15 is 0 Å². The molecule has 0 bridgehead atoms. The van der Waals surface area contributed by atoms with Crippen molar-refractivity contribution < 1.29 is 18.0 Å². The highest BCUT2D eigenvalue weighted by Gasteiger charge is 2.30. The Labute approximate surface area is 134 Å². The van der Waals surface area contributed by atoms with Crippen molar-refractivity contribution in [2.24, 2.45) is 5.84 Å². The van der Waals surface area contributed by atoms with Crippen molar-refractivity contribution in [3.8, 4) is 0 Å². The second kappa shape index (κ2) is 6.67. The number of pyridine rings is 2. The Morgan fingerprint density at radius 3 is 2.48 bits per heavy atom. The Morgan fingerprint density at radius 1 is 1.22 bits per heavy atom. The molecule has 2 aromatic heterocycles. The maximum absolute atomic E-state index is 12.4. The summed E-state index contributed by atoms with van der Waals surface area (Å²) in [5, 5.41) is 2.87. The molecule has 10 heteroatoms. The second-order valence-electron chi connectivity index (χ2n) is 4.25. The molecule has 2 rings (SSSR count). The van der Waals surface area contributed by atoms with Gasteiger partial charge < -0.3 is 5.32 Å². The molecule has 2 heterocycles. The molecular formula is C13H10F3N5OS. The fourth-order valence-electron chi connectivity index (χ4n) is 1.51. The summed E-state index contributed by atoms with van der Waals surface area (Å²) in [5.74, 6) is 4.92. The van der Waals surface area contributed by atoms with Gasteiger partial charge in [-0.2, -0.15) is 13.2 Å². The standard InChI is InChI=1S/C13H10F3N5OS/c14-13(15,16)8-4-5-10(19-7-8)20-12(23)21(17)11(22)9-3-1-2-6-18-9/h1-7H,17H2,(H,19,20,23). The first-order chi connectivity index (χ1) is 10.8. The zero-order valence-electron chi connectivity index (χ0n) is 11.4. The van der Waals surface area contributed by atoms with Gasteiger partial charge in [0, 0.05) is 12.4 Å². The molecule has 0 aliphatic heterocycles. The fourth-order valence-corrected chi connectivity index (χ4v) is 1.70. The highest BCUT2D eigenvalue weighted by molar-refractivity contribution is 7.80. The SMILES string of the molecule is NN(C(=O)c1ccccn1)C(=S)Nc1ccc(C(F)(F)F)cn1. The number of aromatic nitrogens is 2. The number of alkyl halides is 3. The van der Waals surface area contributed by atoms with Gasteiger partial charge >= 0.3 is 6.18 Å². The molecular weight excluding hydrogens is 331 g/mol. The van der Waals surface area contributed by atoms with E-state index in [1.54, 1.807) is 12.1 Å². The Hall–Kier alpha value is -2.59. The minimum absolute atomic E-state index is 0.0206. The van der Waals surface area contributed by atoms with E-state index in [1.165, 1.54) is 12.3 Å². The predicted molar refractivity (Wildman–Crippen MR) is 80.1 cm³/mol. The summed E-state index contributed by atoms with van der Waals surface area (Å²) in [6.07, 6.45) is -2.43. The van der Waals surface area contributed by atoms with Crippen LogP contribution in [0.2, 0.25) is 0 Å². The zero-order valence-corrected chi connectivity index (χ0v) is 12.2. The van der Waals surface area contributed by atoms with Gasteiger partial charge in [0.05, 0.1) is 5.56 Å². The molecule has 0 aromatic carbocycles.